The molecule has 1 aliphatic heterocycles. The van der Waals surface area contributed by atoms with E-state index in [4.69, 9.17) is 16.3 Å². The van der Waals surface area contributed by atoms with Gasteiger partial charge in [0.1, 0.15) is 11.6 Å². The van der Waals surface area contributed by atoms with Crippen LogP contribution in [0.2, 0.25) is 5.02 Å². The summed E-state index contributed by atoms with van der Waals surface area (Å²) in [5.74, 6) is 1.73. The van der Waals surface area contributed by atoms with Crippen molar-refractivity contribution in [3.8, 4) is 11.4 Å². The number of carbonyl (C=O) groups is 2. The van der Waals surface area contributed by atoms with Crippen molar-refractivity contribution >= 4 is 35.3 Å². The number of carbonyl (C=O) groups excluding carboxylic acids is 2. The molecule has 0 radical (unpaired) electrons. The number of aromatic nitrogens is 3. The summed E-state index contributed by atoms with van der Waals surface area (Å²) in [7, 11) is 1.61. The third kappa shape index (κ3) is 5.18. The Morgan fingerprint density at radius 3 is 2.74 bits per heavy atom. The first-order chi connectivity index (χ1) is 15.0. The van der Waals surface area contributed by atoms with Gasteiger partial charge in [0, 0.05) is 35.7 Å². The maximum atomic E-state index is 11.8. The lowest BCUT2D eigenvalue weighted by molar-refractivity contribution is -0.121. The number of hydrogen-bond donors (Lipinski definition) is 2. The molecule has 8 nitrogen and oxygen atoms in total. The molecular weight excluding hydrogens is 438 g/mol. The van der Waals surface area contributed by atoms with Crippen molar-refractivity contribution in [2.75, 3.05) is 7.11 Å². The summed E-state index contributed by atoms with van der Waals surface area (Å²) in [5, 5.41) is 15.1. The standard InChI is InChI=1S/C21H20ClN5O3S/c1-30-17-4-2-3-16(11-17)27-18(9-15-10-19(28)24-20(29)23-15)25-26-21(27)31-12-13-5-7-14(22)8-6-13/h2-8,11,15H,9-10,12H2,1H3,(H2,23,24,28,29). The summed E-state index contributed by atoms with van der Waals surface area (Å²) in [4.78, 5) is 23.4. The number of halogens is 1. The molecular formula is C21H20ClN5O3S. The highest BCUT2D eigenvalue weighted by atomic mass is 35.5. The van der Waals surface area contributed by atoms with Crippen LogP contribution in [-0.2, 0) is 17.0 Å². The summed E-state index contributed by atoms with van der Waals surface area (Å²) in [6.45, 7) is 0. The smallest absolute Gasteiger partial charge is 0.321 e. The fraction of sp³-hybridized carbons (Fsp3) is 0.238. The van der Waals surface area contributed by atoms with Crippen molar-refractivity contribution in [2.45, 2.75) is 29.8 Å². The molecule has 10 heteroatoms. The Hall–Kier alpha value is -3.04. The molecule has 1 aliphatic rings. The van der Waals surface area contributed by atoms with Crippen molar-refractivity contribution in [3.63, 3.8) is 0 Å². The number of urea groups is 1. The van der Waals surface area contributed by atoms with Crippen molar-refractivity contribution in [3.05, 3.63) is 64.9 Å². The highest BCUT2D eigenvalue weighted by Gasteiger charge is 2.26. The van der Waals surface area contributed by atoms with Crippen LogP contribution in [0.5, 0.6) is 5.75 Å². The lowest BCUT2D eigenvalue weighted by Crippen LogP contribution is -2.53. The molecule has 31 heavy (non-hydrogen) atoms. The summed E-state index contributed by atoms with van der Waals surface area (Å²) < 4.78 is 7.30. The molecule has 1 atom stereocenters. The van der Waals surface area contributed by atoms with Gasteiger partial charge in [-0.1, -0.05) is 41.6 Å². The molecule has 0 aliphatic carbocycles. The van der Waals surface area contributed by atoms with Gasteiger partial charge in [-0.25, -0.2) is 4.79 Å². The summed E-state index contributed by atoms with van der Waals surface area (Å²) in [6.07, 6.45) is 0.550. The first kappa shape index (κ1) is 21.2. The topological polar surface area (TPSA) is 98.1 Å². The van der Waals surface area contributed by atoms with Gasteiger partial charge in [-0.3, -0.25) is 14.7 Å². The Balaban J connectivity index is 1.63. The molecule has 4 rings (SSSR count). The van der Waals surface area contributed by atoms with Gasteiger partial charge in [-0.15, -0.1) is 10.2 Å². The molecule has 0 spiro atoms. The van der Waals surface area contributed by atoms with Crippen molar-refractivity contribution < 1.29 is 14.3 Å². The largest absolute Gasteiger partial charge is 0.497 e. The number of ether oxygens (including phenoxy) is 1. The average Bonchev–Trinajstić information content (AvgIpc) is 3.15. The number of nitrogens with zero attached hydrogens (tertiary/aromatic N) is 3. The van der Waals surface area contributed by atoms with E-state index in [-0.39, 0.29) is 18.4 Å². The lowest BCUT2D eigenvalue weighted by Gasteiger charge is -2.23. The zero-order valence-corrected chi connectivity index (χ0v) is 18.2. The number of nitrogens with one attached hydrogen (secondary N) is 2. The van der Waals surface area contributed by atoms with Gasteiger partial charge in [-0.2, -0.15) is 0 Å². The molecule has 2 aromatic carbocycles. The van der Waals surface area contributed by atoms with Crippen LogP contribution in [0.1, 0.15) is 17.8 Å². The molecule has 0 bridgehead atoms. The van der Waals surface area contributed by atoms with E-state index in [1.165, 1.54) is 11.8 Å². The maximum absolute atomic E-state index is 11.8. The summed E-state index contributed by atoms with van der Waals surface area (Å²) >= 11 is 7.51. The van der Waals surface area contributed by atoms with E-state index >= 15 is 0 Å². The SMILES string of the molecule is COc1cccc(-n2c(CC3CC(=O)NC(=O)N3)nnc2SCc2ccc(Cl)cc2)c1. The first-order valence-corrected chi connectivity index (χ1v) is 10.9. The summed E-state index contributed by atoms with van der Waals surface area (Å²) in [6, 6.07) is 14.4. The van der Waals surface area contributed by atoms with E-state index in [0.29, 0.717) is 33.9 Å². The van der Waals surface area contributed by atoms with E-state index in [2.05, 4.69) is 20.8 Å². The number of imide groups is 1. The van der Waals surface area contributed by atoms with Crippen LogP contribution in [0, 0.1) is 0 Å². The Kier molecular flexibility index (Phi) is 6.43. The maximum Gasteiger partial charge on any atom is 0.321 e. The summed E-state index contributed by atoms with van der Waals surface area (Å²) in [5.41, 5.74) is 1.94. The van der Waals surface area contributed by atoms with E-state index in [1.807, 2.05) is 53.1 Å². The zero-order chi connectivity index (χ0) is 21.8. The Bertz CT molecular complexity index is 1090. The van der Waals surface area contributed by atoms with Gasteiger partial charge in [0.25, 0.3) is 0 Å². The molecule has 3 amide bonds. The van der Waals surface area contributed by atoms with E-state index in [0.717, 1.165) is 11.3 Å². The van der Waals surface area contributed by atoms with Crippen LogP contribution >= 0.6 is 23.4 Å². The molecule has 3 aromatic rings. The number of hydrogen-bond acceptors (Lipinski definition) is 6. The van der Waals surface area contributed by atoms with Gasteiger partial charge in [0.05, 0.1) is 12.8 Å². The monoisotopic (exact) mass is 457 g/mol. The van der Waals surface area contributed by atoms with Crippen LogP contribution in [0.3, 0.4) is 0 Å². The van der Waals surface area contributed by atoms with Gasteiger partial charge in [0.15, 0.2) is 5.16 Å². The highest BCUT2D eigenvalue weighted by molar-refractivity contribution is 7.98. The minimum Gasteiger partial charge on any atom is -0.497 e. The van der Waals surface area contributed by atoms with Crippen LogP contribution < -0.4 is 15.4 Å². The van der Waals surface area contributed by atoms with Crippen molar-refractivity contribution in [1.82, 2.24) is 25.4 Å². The fourth-order valence-corrected chi connectivity index (χ4v) is 4.33. The van der Waals surface area contributed by atoms with Crippen LogP contribution in [-0.4, -0.2) is 39.9 Å². The molecule has 1 fully saturated rings. The Labute approximate surface area is 188 Å². The number of benzene rings is 2. The van der Waals surface area contributed by atoms with E-state index in [1.54, 1.807) is 7.11 Å². The molecule has 1 saturated heterocycles. The number of amides is 3. The van der Waals surface area contributed by atoms with E-state index < -0.39 is 6.03 Å². The van der Waals surface area contributed by atoms with Crippen molar-refractivity contribution in [2.24, 2.45) is 0 Å². The van der Waals surface area contributed by atoms with Crippen LogP contribution in [0.25, 0.3) is 5.69 Å². The molecule has 2 heterocycles. The average molecular weight is 458 g/mol. The molecule has 160 valence electrons. The second kappa shape index (κ2) is 9.40. The van der Waals surface area contributed by atoms with Gasteiger partial charge < -0.3 is 10.1 Å². The number of rotatable bonds is 7. The van der Waals surface area contributed by atoms with Gasteiger partial charge in [-0.05, 0) is 29.8 Å². The highest BCUT2D eigenvalue weighted by Crippen LogP contribution is 2.28. The van der Waals surface area contributed by atoms with Gasteiger partial charge in [0.2, 0.25) is 5.91 Å². The molecule has 1 aromatic heterocycles. The second-order valence-corrected chi connectivity index (χ2v) is 8.36. The Morgan fingerprint density at radius 2 is 2.00 bits per heavy atom. The number of thioether (sulfide) groups is 1. The predicted octanol–water partition coefficient (Wildman–Crippen LogP) is 3.36. The predicted molar refractivity (Wildman–Crippen MR) is 118 cm³/mol. The molecule has 1 unspecified atom stereocenters. The quantitative estimate of drug-likeness (QED) is 0.528. The van der Waals surface area contributed by atoms with Crippen LogP contribution in [0.4, 0.5) is 4.79 Å². The van der Waals surface area contributed by atoms with E-state index in [9.17, 15) is 9.59 Å². The lowest BCUT2D eigenvalue weighted by atomic mass is 10.1. The minimum absolute atomic E-state index is 0.184. The zero-order valence-electron chi connectivity index (χ0n) is 16.7. The second-order valence-electron chi connectivity index (χ2n) is 6.98. The van der Waals surface area contributed by atoms with Crippen LogP contribution in [0.15, 0.2) is 53.7 Å². The fourth-order valence-electron chi connectivity index (χ4n) is 3.28. The Morgan fingerprint density at radius 1 is 1.19 bits per heavy atom. The third-order valence-electron chi connectivity index (χ3n) is 4.74. The number of methoxy groups -OCH3 is 1. The normalized spacial score (nSPS) is 16.0. The first-order valence-electron chi connectivity index (χ1n) is 9.58. The molecule has 0 saturated carbocycles. The molecule has 2 N–H and O–H groups in total. The minimum atomic E-state index is -0.494. The third-order valence-corrected chi connectivity index (χ3v) is 5.99. The van der Waals surface area contributed by atoms with Gasteiger partial charge >= 0.3 is 6.03 Å². The van der Waals surface area contributed by atoms with Crippen molar-refractivity contribution in [1.29, 1.82) is 0 Å².